The Balaban J connectivity index is 3.71. The molecule has 0 amide bonds. The Labute approximate surface area is 163 Å². The molecule has 0 saturated heterocycles. The fourth-order valence-electron chi connectivity index (χ4n) is 3.54. The van der Waals surface area contributed by atoms with Gasteiger partial charge in [-0.15, -0.1) is 0 Å². The van der Waals surface area contributed by atoms with Crippen molar-refractivity contribution in [2.24, 2.45) is 0 Å². The van der Waals surface area contributed by atoms with E-state index < -0.39 is 24.7 Å². The van der Waals surface area contributed by atoms with Gasteiger partial charge in [0.1, 0.15) is 0 Å². The average Bonchev–Trinajstić information content (AvgIpc) is 2.51. The van der Waals surface area contributed by atoms with Crippen molar-refractivity contribution in [1.82, 2.24) is 0 Å². The summed E-state index contributed by atoms with van der Waals surface area (Å²) in [6.45, 7) is 18.4. The zero-order chi connectivity index (χ0) is 18.7. The van der Waals surface area contributed by atoms with Crippen LogP contribution in [0.2, 0.25) is 19.0 Å². The summed E-state index contributed by atoms with van der Waals surface area (Å²) in [7, 11) is 14.9. The molecule has 0 N–H and O–H groups in total. The number of rotatable bonds is 7. The molecule has 0 radical (unpaired) electrons. The van der Waals surface area contributed by atoms with Gasteiger partial charge in [0, 0.05) is 0 Å². The minimum absolute atomic E-state index is 0.515. The molecule has 0 saturated carbocycles. The van der Waals surface area contributed by atoms with Gasteiger partial charge in [-0.2, -0.15) is 0 Å². The average molecular weight is 491 g/mol. The second kappa shape index (κ2) is 9.02. The molecule has 0 aliphatic carbocycles. The Morgan fingerprint density at radius 3 is 1.50 bits per heavy atom. The van der Waals surface area contributed by atoms with E-state index in [0.717, 1.165) is 0 Å². The van der Waals surface area contributed by atoms with Crippen molar-refractivity contribution >= 4 is 49.1 Å². The first-order valence-electron chi connectivity index (χ1n) is 9.14. The van der Waals surface area contributed by atoms with Crippen LogP contribution >= 0.6 is 20.0 Å². The first-order valence-corrected chi connectivity index (χ1v) is 21.8. The molecule has 0 aliphatic rings. The van der Waals surface area contributed by atoms with Gasteiger partial charge in [0.2, 0.25) is 0 Å². The van der Waals surface area contributed by atoms with E-state index in [1.54, 1.807) is 0 Å². The number of hydrogen-bond acceptors (Lipinski definition) is 0. The van der Waals surface area contributed by atoms with Crippen LogP contribution in [0.4, 0.5) is 0 Å². The molecule has 0 heterocycles. The summed E-state index contributed by atoms with van der Waals surface area (Å²) >= 11 is -5.48. The number of hydrogen-bond donors (Lipinski definition) is 0. The van der Waals surface area contributed by atoms with E-state index >= 15 is 0 Å². The first-order chi connectivity index (χ1) is 11.0. The van der Waals surface area contributed by atoms with Crippen molar-refractivity contribution in [3.05, 3.63) is 40.8 Å². The molecule has 0 aromatic heterocycles. The summed E-state index contributed by atoms with van der Waals surface area (Å²) in [4.78, 5) is 2.53. The molecular weight excluding hydrogens is 456 g/mol. The molecule has 0 fully saturated rings. The molecule has 0 aliphatic heterocycles. The molecule has 136 valence electrons. The first kappa shape index (κ1) is 22.7. The summed E-state index contributed by atoms with van der Waals surface area (Å²) in [5.74, 6) is 0. The van der Waals surface area contributed by atoms with E-state index in [9.17, 15) is 0 Å². The number of benzene rings is 1. The van der Waals surface area contributed by atoms with Gasteiger partial charge in [0.05, 0.1) is 0 Å². The maximum atomic E-state index is 7.52. The van der Waals surface area contributed by atoms with Crippen LogP contribution in [0.15, 0.2) is 35.2 Å². The van der Waals surface area contributed by atoms with Crippen LogP contribution in [-0.2, 0) is 0 Å². The normalized spacial score (nSPS) is 14.3. The van der Waals surface area contributed by atoms with E-state index in [1.165, 1.54) is 9.97 Å². The molecule has 0 bridgehead atoms. The van der Waals surface area contributed by atoms with Crippen molar-refractivity contribution in [3.63, 3.8) is 0 Å². The van der Waals surface area contributed by atoms with Crippen LogP contribution in [0.25, 0.3) is 4.41 Å². The Hall–Kier alpha value is 0.626. The second-order valence-corrected chi connectivity index (χ2v) is 32.9. The molecule has 1 rings (SSSR count). The monoisotopic (exact) mass is 492 g/mol. The quantitative estimate of drug-likeness (QED) is 0.338. The Kier molecular flexibility index (Phi) is 8.52. The Morgan fingerprint density at radius 2 is 1.17 bits per heavy atom. The van der Waals surface area contributed by atoms with Gasteiger partial charge in [-0.3, -0.25) is 0 Å². The summed E-state index contributed by atoms with van der Waals surface area (Å²) < 4.78 is 3.53. The molecule has 0 unspecified atom stereocenters. The van der Waals surface area contributed by atoms with Crippen molar-refractivity contribution < 1.29 is 0 Å². The number of halogens is 2. The summed E-state index contributed by atoms with van der Waals surface area (Å²) in [5, 5.41) is 0. The van der Waals surface area contributed by atoms with E-state index in [-0.39, 0.29) is 0 Å². The van der Waals surface area contributed by atoms with Crippen molar-refractivity contribution in [3.8, 4) is 0 Å². The van der Waals surface area contributed by atoms with Gasteiger partial charge >= 0.3 is 164 Å². The van der Waals surface area contributed by atoms with E-state index in [1.807, 2.05) is 0 Å². The van der Waals surface area contributed by atoms with Gasteiger partial charge in [-0.25, -0.2) is 0 Å². The predicted octanol–water partition coefficient (Wildman–Crippen LogP) is 8.16. The van der Waals surface area contributed by atoms with Crippen molar-refractivity contribution in [2.45, 2.75) is 74.4 Å². The minimum atomic E-state index is -2.80. The molecule has 24 heavy (non-hydrogen) atoms. The fraction of sp³-hybridized carbons (Fsp3) is 0.600. The third-order valence-electron chi connectivity index (χ3n) is 5.31. The molecule has 0 nitrogen and oxygen atoms in total. The zero-order valence-corrected chi connectivity index (χ0v) is 22.2. The van der Waals surface area contributed by atoms with Crippen LogP contribution in [0.1, 0.15) is 61.0 Å². The summed E-state index contributed by atoms with van der Waals surface area (Å²) in [5.41, 5.74) is 1.30. The summed E-state index contributed by atoms with van der Waals surface area (Å²) in [6.07, 6.45) is 0. The van der Waals surface area contributed by atoms with Crippen LogP contribution in [0.5, 0.6) is 0 Å². The zero-order valence-electron chi connectivity index (χ0n) is 16.5. The van der Waals surface area contributed by atoms with Gasteiger partial charge in [-0.1, -0.05) is 0 Å². The Bertz CT molecular complexity index is 532. The molecular formula is C20H34Cl2Ge2. The third kappa shape index (κ3) is 4.67. The van der Waals surface area contributed by atoms with Crippen LogP contribution in [0.3, 0.4) is 0 Å². The van der Waals surface area contributed by atoms with Gasteiger partial charge in [-0.05, 0) is 0 Å². The predicted molar refractivity (Wildman–Crippen MR) is 118 cm³/mol. The van der Waals surface area contributed by atoms with Crippen LogP contribution < -0.4 is 0 Å². The molecule has 0 atom stereocenters. The Morgan fingerprint density at radius 1 is 0.750 bits per heavy atom. The van der Waals surface area contributed by atoms with Gasteiger partial charge in [0.15, 0.2) is 0 Å². The van der Waals surface area contributed by atoms with E-state index in [2.05, 4.69) is 90.6 Å². The SMILES string of the molecule is C[CH](C)[Ge]([Cl])(/[CH]=[C](/c1ccccc1)[Ge]([Cl])([CH](C)C)[CH](C)C)[CH](C)C. The van der Waals surface area contributed by atoms with Gasteiger partial charge < -0.3 is 0 Å². The van der Waals surface area contributed by atoms with E-state index in [0.29, 0.717) is 19.0 Å². The third-order valence-corrected chi connectivity index (χ3v) is 35.9. The molecule has 1 aromatic carbocycles. The van der Waals surface area contributed by atoms with Crippen LogP contribution in [-0.4, -0.2) is 24.7 Å². The maximum absolute atomic E-state index is 7.52. The van der Waals surface area contributed by atoms with Crippen molar-refractivity contribution in [1.29, 1.82) is 0 Å². The standard InChI is InChI=1S/C20H34Cl2Ge2/c1-15(2)23(21,16(3)4)14-20(19-12-10-9-11-13-19)24(22,17(5)6)18(7)8/h9-18H,1-8H3/b20-14-. The van der Waals surface area contributed by atoms with E-state index in [4.69, 9.17) is 20.0 Å². The molecule has 1 aromatic rings. The molecule has 0 spiro atoms. The second-order valence-electron chi connectivity index (χ2n) is 8.14. The van der Waals surface area contributed by atoms with Crippen LogP contribution in [0, 0.1) is 0 Å². The summed E-state index contributed by atoms with van der Waals surface area (Å²) in [6, 6.07) is 10.8. The fourth-order valence-corrected chi connectivity index (χ4v) is 24.8. The topological polar surface area (TPSA) is 0 Å². The van der Waals surface area contributed by atoms with Gasteiger partial charge in [0.25, 0.3) is 0 Å². The molecule has 4 heteroatoms. The van der Waals surface area contributed by atoms with Crippen molar-refractivity contribution in [2.75, 3.05) is 0 Å².